The van der Waals surface area contributed by atoms with Crippen molar-refractivity contribution in [1.82, 2.24) is 0 Å². The molecule has 0 aromatic heterocycles. The van der Waals surface area contributed by atoms with Gasteiger partial charge in [-0.3, -0.25) is 9.10 Å². The van der Waals surface area contributed by atoms with Crippen LogP contribution in [0.3, 0.4) is 0 Å². The van der Waals surface area contributed by atoms with E-state index in [2.05, 4.69) is 5.32 Å². The highest BCUT2D eigenvalue weighted by atomic mass is 35.5. The van der Waals surface area contributed by atoms with Gasteiger partial charge in [-0.2, -0.15) is 0 Å². The minimum Gasteiger partial charge on any atom is -0.484 e. The van der Waals surface area contributed by atoms with Gasteiger partial charge in [0.2, 0.25) is 10.0 Å². The molecular weight excluding hydrogens is 364 g/mol. The number of nitrogens with zero attached hydrogens (tertiary/aromatic N) is 1. The summed E-state index contributed by atoms with van der Waals surface area (Å²) >= 11 is 5.97. The highest BCUT2D eigenvalue weighted by Crippen LogP contribution is 2.22. The summed E-state index contributed by atoms with van der Waals surface area (Å²) in [4.78, 5) is 11.9. The predicted molar refractivity (Wildman–Crippen MR) is 99.9 cm³/mol. The third-order valence-electron chi connectivity index (χ3n) is 3.33. The third kappa shape index (κ3) is 5.37. The van der Waals surface area contributed by atoms with Crippen molar-refractivity contribution in [3.05, 3.63) is 53.6 Å². The monoisotopic (exact) mass is 382 g/mol. The fourth-order valence-corrected chi connectivity index (χ4v) is 3.37. The van der Waals surface area contributed by atoms with E-state index in [0.717, 1.165) is 6.26 Å². The number of amides is 1. The van der Waals surface area contributed by atoms with Gasteiger partial charge < -0.3 is 10.1 Å². The Kier molecular flexibility index (Phi) is 6.27. The number of halogens is 1. The van der Waals surface area contributed by atoms with Crippen molar-refractivity contribution in [3.8, 4) is 5.75 Å². The normalized spacial score (nSPS) is 11.0. The molecule has 0 heterocycles. The molecule has 134 valence electrons. The molecule has 0 bridgehead atoms. The molecule has 0 spiro atoms. The molecule has 1 N–H and O–H groups in total. The lowest BCUT2D eigenvalue weighted by atomic mass is 10.3. The molecule has 0 saturated heterocycles. The second-order valence-corrected chi connectivity index (χ2v) is 7.55. The van der Waals surface area contributed by atoms with Crippen LogP contribution in [0.5, 0.6) is 5.75 Å². The van der Waals surface area contributed by atoms with Crippen molar-refractivity contribution in [2.45, 2.75) is 6.92 Å². The smallest absolute Gasteiger partial charge is 0.262 e. The number of rotatable bonds is 7. The maximum absolute atomic E-state index is 11.9. The fraction of sp³-hybridized carbons (Fsp3) is 0.235. The molecular formula is C17H19ClN2O4S. The highest BCUT2D eigenvalue weighted by molar-refractivity contribution is 7.92. The molecule has 2 rings (SSSR count). The van der Waals surface area contributed by atoms with E-state index in [1.807, 2.05) is 0 Å². The molecule has 0 aliphatic rings. The van der Waals surface area contributed by atoms with Crippen LogP contribution in [0, 0.1) is 0 Å². The van der Waals surface area contributed by atoms with Crippen LogP contribution < -0.4 is 14.4 Å². The first-order valence-electron chi connectivity index (χ1n) is 7.56. The number of carbonyl (C=O) groups excluding carboxylic acids is 1. The van der Waals surface area contributed by atoms with E-state index in [1.165, 1.54) is 4.31 Å². The maximum atomic E-state index is 11.9. The van der Waals surface area contributed by atoms with Gasteiger partial charge in [0.25, 0.3) is 5.91 Å². The van der Waals surface area contributed by atoms with Crippen molar-refractivity contribution in [3.63, 3.8) is 0 Å². The van der Waals surface area contributed by atoms with E-state index in [9.17, 15) is 13.2 Å². The molecule has 2 aromatic carbocycles. The molecule has 0 unspecified atom stereocenters. The zero-order valence-corrected chi connectivity index (χ0v) is 15.5. The Labute approximate surface area is 152 Å². The van der Waals surface area contributed by atoms with Gasteiger partial charge in [0.1, 0.15) is 5.75 Å². The zero-order valence-electron chi connectivity index (χ0n) is 13.9. The van der Waals surface area contributed by atoms with Gasteiger partial charge in [-0.1, -0.05) is 23.7 Å². The van der Waals surface area contributed by atoms with Gasteiger partial charge in [-0.25, -0.2) is 8.42 Å². The van der Waals surface area contributed by atoms with Crippen molar-refractivity contribution < 1.29 is 17.9 Å². The Hall–Kier alpha value is -2.25. The molecule has 0 saturated carbocycles. The fourth-order valence-electron chi connectivity index (χ4n) is 2.21. The summed E-state index contributed by atoms with van der Waals surface area (Å²) in [6, 6.07) is 13.4. The minimum absolute atomic E-state index is 0.186. The van der Waals surface area contributed by atoms with Crippen LogP contribution in [0.2, 0.25) is 5.02 Å². The van der Waals surface area contributed by atoms with Crippen LogP contribution in [-0.4, -0.2) is 33.7 Å². The largest absolute Gasteiger partial charge is 0.484 e. The second kappa shape index (κ2) is 8.22. The first-order valence-corrected chi connectivity index (χ1v) is 9.79. The Morgan fingerprint density at radius 1 is 1.16 bits per heavy atom. The number of carbonyl (C=O) groups is 1. The number of anilines is 2. The minimum atomic E-state index is -3.33. The molecule has 0 fully saturated rings. The maximum Gasteiger partial charge on any atom is 0.262 e. The summed E-state index contributed by atoms with van der Waals surface area (Å²) in [7, 11) is -3.33. The first-order chi connectivity index (χ1) is 11.8. The van der Waals surface area contributed by atoms with E-state index < -0.39 is 10.0 Å². The summed E-state index contributed by atoms with van der Waals surface area (Å²) < 4.78 is 30.1. The molecule has 25 heavy (non-hydrogen) atoms. The summed E-state index contributed by atoms with van der Waals surface area (Å²) in [5.74, 6) is 0.117. The van der Waals surface area contributed by atoms with Crippen molar-refractivity contribution in [2.75, 3.05) is 29.0 Å². The van der Waals surface area contributed by atoms with Gasteiger partial charge >= 0.3 is 0 Å². The first kappa shape index (κ1) is 19.1. The van der Waals surface area contributed by atoms with Gasteiger partial charge in [-0.05, 0) is 43.3 Å². The number of hydrogen-bond acceptors (Lipinski definition) is 4. The van der Waals surface area contributed by atoms with Gasteiger partial charge in [0.15, 0.2) is 6.61 Å². The Bertz CT molecular complexity index is 838. The van der Waals surface area contributed by atoms with Crippen LogP contribution in [-0.2, 0) is 14.8 Å². The van der Waals surface area contributed by atoms with Gasteiger partial charge in [0, 0.05) is 6.54 Å². The summed E-state index contributed by atoms with van der Waals surface area (Å²) in [6.07, 6.45) is 1.15. The lowest BCUT2D eigenvalue weighted by Gasteiger charge is -2.20. The average Bonchev–Trinajstić information content (AvgIpc) is 2.56. The SMILES string of the molecule is CCN(c1ccc(OCC(=O)Nc2ccccc2Cl)cc1)S(C)(=O)=O. The third-order valence-corrected chi connectivity index (χ3v) is 4.93. The molecule has 0 aliphatic carbocycles. The lowest BCUT2D eigenvalue weighted by Crippen LogP contribution is -2.29. The van der Waals surface area contributed by atoms with E-state index >= 15 is 0 Å². The van der Waals surface area contributed by atoms with Crippen LogP contribution in [0.1, 0.15) is 6.92 Å². The highest BCUT2D eigenvalue weighted by Gasteiger charge is 2.15. The molecule has 0 atom stereocenters. The molecule has 6 nitrogen and oxygen atoms in total. The van der Waals surface area contributed by atoms with Gasteiger partial charge in [-0.15, -0.1) is 0 Å². The number of ether oxygens (including phenoxy) is 1. The van der Waals surface area contributed by atoms with Crippen molar-refractivity contribution in [2.24, 2.45) is 0 Å². The van der Waals surface area contributed by atoms with E-state index in [-0.39, 0.29) is 12.5 Å². The quantitative estimate of drug-likeness (QED) is 0.798. The standard InChI is InChI=1S/C17H19ClN2O4S/c1-3-20(25(2,22)23)13-8-10-14(11-9-13)24-12-17(21)19-16-7-5-4-6-15(16)18/h4-11H,3,12H2,1-2H3,(H,19,21). The van der Waals surface area contributed by atoms with Crippen molar-refractivity contribution in [1.29, 1.82) is 0 Å². The molecule has 2 aromatic rings. The zero-order chi connectivity index (χ0) is 18.4. The average molecular weight is 383 g/mol. The molecule has 0 aliphatic heterocycles. The van der Waals surface area contributed by atoms with Crippen LogP contribution in [0.4, 0.5) is 11.4 Å². The number of nitrogens with one attached hydrogen (secondary N) is 1. The van der Waals surface area contributed by atoms with Crippen LogP contribution >= 0.6 is 11.6 Å². The van der Waals surface area contributed by atoms with Crippen LogP contribution in [0.25, 0.3) is 0 Å². The number of sulfonamides is 1. The Morgan fingerprint density at radius 2 is 1.80 bits per heavy atom. The Morgan fingerprint density at radius 3 is 2.36 bits per heavy atom. The summed E-state index contributed by atoms with van der Waals surface area (Å²) in [5, 5.41) is 3.10. The molecule has 8 heteroatoms. The predicted octanol–water partition coefficient (Wildman–Crippen LogP) is 3.14. The van der Waals surface area contributed by atoms with Crippen LogP contribution in [0.15, 0.2) is 48.5 Å². The topological polar surface area (TPSA) is 75.7 Å². The van der Waals surface area contributed by atoms with E-state index in [1.54, 1.807) is 55.5 Å². The second-order valence-electron chi connectivity index (χ2n) is 5.24. The number of para-hydroxylation sites is 1. The molecule has 0 radical (unpaired) electrons. The number of benzene rings is 2. The summed E-state index contributed by atoms with van der Waals surface area (Å²) in [6.45, 7) is 1.90. The number of hydrogen-bond donors (Lipinski definition) is 1. The molecule has 1 amide bonds. The summed E-state index contributed by atoms with van der Waals surface area (Å²) in [5.41, 5.74) is 1.05. The lowest BCUT2D eigenvalue weighted by molar-refractivity contribution is -0.118. The van der Waals surface area contributed by atoms with Crippen molar-refractivity contribution >= 4 is 38.9 Å². The Balaban J connectivity index is 1.95. The van der Waals surface area contributed by atoms with E-state index in [4.69, 9.17) is 16.3 Å². The van der Waals surface area contributed by atoms with E-state index in [0.29, 0.717) is 28.7 Å². The van der Waals surface area contributed by atoms with Gasteiger partial charge in [0.05, 0.1) is 22.7 Å².